The molecular formula is C17H17ClO2. The third-order valence-corrected chi connectivity index (χ3v) is 3.48. The predicted octanol–water partition coefficient (Wildman–Crippen LogP) is 4.01. The van der Waals surface area contributed by atoms with Crippen LogP contribution in [0.25, 0.3) is 0 Å². The molecular weight excluding hydrogens is 272 g/mol. The molecule has 2 rings (SSSR count). The number of Topliss-reactive ketones (excluding diaryl/α,β-unsaturated/α-hetero) is 1. The molecule has 0 atom stereocenters. The van der Waals surface area contributed by atoms with Crippen LogP contribution in [-0.2, 0) is 17.6 Å². The lowest BCUT2D eigenvalue weighted by Crippen LogP contribution is -2.07. The Bertz CT molecular complexity index is 620. The van der Waals surface area contributed by atoms with Crippen molar-refractivity contribution in [3.8, 4) is 5.75 Å². The Morgan fingerprint density at radius 1 is 1.15 bits per heavy atom. The van der Waals surface area contributed by atoms with Crippen LogP contribution < -0.4 is 4.74 Å². The SMILES string of the molecule is COc1cccc(CC(=O)Cc2ccc(C)cc2Cl)c1. The van der Waals surface area contributed by atoms with Gasteiger partial charge in [0.2, 0.25) is 0 Å². The van der Waals surface area contributed by atoms with Gasteiger partial charge in [-0.2, -0.15) is 0 Å². The van der Waals surface area contributed by atoms with E-state index in [1.54, 1.807) is 7.11 Å². The summed E-state index contributed by atoms with van der Waals surface area (Å²) < 4.78 is 5.15. The monoisotopic (exact) mass is 288 g/mol. The minimum atomic E-state index is 0.143. The van der Waals surface area contributed by atoms with Gasteiger partial charge in [-0.3, -0.25) is 4.79 Å². The topological polar surface area (TPSA) is 26.3 Å². The van der Waals surface area contributed by atoms with Crippen LogP contribution in [0, 0.1) is 6.92 Å². The van der Waals surface area contributed by atoms with Crippen molar-refractivity contribution >= 4 is 17.4 Å². The maximum Gasteiger partial charge on any atom is 0.141 e. The molecule has 20 heavy (non-hydrogen) atoms. The number of aryl methyl sites for hydroxylation is 1. The van der Waals surface area contributed by atoms with E-state index in [1.165, 1.54) is 0 Å². The summed E-state index contributed by atoms with van der Waals surface area (Å²) in [6.07, 6.45) is 0.748. The molecule has 0 radical (unpaired) electrons. The molecule has 0 aliphatic carbocycles. The maximum absolute atomic E-state index is 12.1. The molecule has 0 heterocycles. The summed E-state index contributed by atoms with van der Waals surface area (Å²) in [5.74, 6) is 0.910. The van der Waals surface area contributed by atoms with Gasteiger partial charge in [-0.05, 0) is 41.8 Å². The number of ketones is 1. The molecule has 0 N–H and O–H groups in total. The van der Waals surface area contributed by atoms with Crippen molar-refractivity contribution in [3.05, 3.63) is 64.2 Å². The number of carbonyl (C=O) groups is 1. The van der Waals surface area contributed by atoms with Crippen LogP contribution in [0.1, 0.15) is 16.7 Å². The second kappa shape index (κ2) is 6.58. The molecule has 104 valence electrons. The number of ether oxygens (including phenoxy) is 1. The van der Waals surface area contributed by atoms with Crippen LogP contribution in [-0.4, -0.2) is 12.9 Å². The zero-order chi connectivity index (χ0) is 14.5. The third kappa shape index (κ3) is 3.84. The number of halogens is 1. The first-order chi connectivity index (χ1) is 9.58. The fraction of sp³-hybridized carbons (Fsp3) is 0.235. The lowest BCUT2D eigenvalue weighted by Gasteiger charge is -2.06. The first-order valence-corrected chi connectivity index (χ1v) is 6.86. The maximum atomic E-state index is 12.1. The molecule has 2 aromatic rings. The van der Waals surface area contributed by atoms with Crippen molar-refractivity contribution in [1.29, 1.82) is 0 Å². The third-order valence-electron chi connectivity index (χ3n) is 3.13. The summed E-state index contributed by atoms with van der Waals surface area (Å²) in [5, 5.41) is 0.656. The number of hydrogen-bond acceptors (Lipinski definition) is 2. The zero-order valence-corrected chi connectivity index (χ0v) is 12.4. The molecule has 3 heteroatoms. The van der Waals surface area contributed by atoms with E-state index >= 15 is 0 Å². The summed E-state index contributed by atoms with van der Waals surface area (Å²) in [6, 6.07) is 13.3. The molecule has 0 amide bonds. The van der Waals surface area contributed by atoms with Gasteiger partial charge in [0.05, 0.1) is 7.11 Å². The minimum Gasteiger partial charge on any atom is -0.497 e. The first-order valence-electron chi connectivity index (χ1n) is 6.48. The molecule has 0 spiro atoms. The van der Waals surface area contributed by atoms with Gasteiger partial charge in [0, 0.05) is 17.9 Å². The van der Waals surface area contributed by atoms with E-state index in [1.807, 2.05) is 49.4 Å². The summed E-state index contributed by atoms with van der Waals surface area (Å²) in [6.45, 7) is 1.98. The highest BCUT2D eigenvalue weighted by Crippen LogP contribution is 2.19. The van der Waals surface area contributed by atoms with E-state index in [4.69, 9.17) is 16.3 Å². The van der Waals surface area contributed by atoms with Crippen LogP contribution in [0.4, 0.5) is 0 Å². The Kier molecular flexibility index (Phi) is 4.80. The summed E-state index contributed by atoms with van der Waals surface area (Å²) in [7, 11) is 1.62. The van der Waals surface area contributed by atoms with Gasteiger partial charge in [0.1, 0.15) is 11.5 Å². The average Bonchev–Trinajstić information content (AvgIpc) is 2.42. The normalized spacial score (nSPS) is 10.3. The molecule has 2 aromatic carbocycles. The summed E-state index contributed by atoms with van der Waals surface area (Å²) in [4.78, 5) is 12.1. The zero-order valence-electron chi connectivity index (χ0n) is 11.7. The van der Waals surface area contributed by atoms with Gasteiger partial charge in [0.25, 0.3) is 0 Å². The second-order valence-corrected chi connectivity index (χ2v) is 5.25. The Labute approximate surface area is 124 Å². The predicted molar refractivity (Wildman–Crippen MR) is 81.6 cm³/mol. The number of rotatable bonds is 5. The van der Waals surface area contributed by atoms with E-state index in [2.05, 4.69) is 0 Å². The van der Waals surface area contributed by atoms with Crippen LogP contribution >= 0.6 is 11.6 Å². The number of hydrogen-bond donors (Lipinski definition) is 0. The smallest absolute Gasteiger partial charge is 0.141 e. The van der Waals surface area contributed by atoms with Gasteiger partial charge in [0.15, 0.2) is 0 Å². The largest absolute Gasteiger partial charge is 0.497 e. The van der Waals surface area contributed by atoms with Crippen molar-refractivity contribution in [2.24, 2.45) is 0 Å². The standard InChI is InChI=1S/C17H17ClO2/c1-12-6-7-14(17(18)8-12)11-15(19)9-13-4-3-5-16(10-13)20-2/h3-8,10H,9,11H2,1-2H3. The molecule has 0 bridgehead atoms. The Hall–Kier alpha value is -1.80. The van der Waals surface area contributed by atoms with Gasteiger partial charge < -0.3 is 4.74 Å². The molecule has 0 aliphatic heterocycles. The number of carbonyl (C=O) groups excluding carboxylic acids is 1. The fourth-order valence-corrected chi connectivity index (χ4v) is 2.38. The molecule has 0 aliphatic rings. The Morgan fingerprint density at radius 2 is 1.95 bits per heavy atom. The van der Waals surface area contributed by atoms with Gasteiger partial charge in [-0.1, -0.05) is 35.9 Å². The second-order valence-electron chi connectivity index (χ2n) is 4.84. The Balaban J connectivity index is 2.05. The molecule has 0 saturated carbocycles. The summed E-state index contributed by atoms with van der Waals surface area (Å²) in [5.41, 5.74) is 2.93. The van der Waals surface area contributed by atoms with E-state index in [9.17, 15) is 4.79 Å². The number of methoxy groups -OCH3 is 1. The van der Waals surface area contributed by atoms with Crippen molar-refractivity contribution in [2.75, 3.05) is 7.11 Å². The fourth-order valence-electron chi connectivity index (χ4n) is 2.08. The average molecular weight is 289 g/mol. The first kappa shape index (κ1) is 14.6. The van der Waals surface area contributed by atoms with Crippen LogP contribution in [0.15, 0.2) is 42.5 Å². The lowest BCUT2D eigenvalue weighted by atomic mass is 10.0. The van der Waals surface area contributed by atoms with E-state index in [0.717, 1.165) is 22.4 Å². The molecule has 0 unspecified atom stereocenters. The molecule has 0 fully saturated rings. The van der Waals surface area contributed by atoms with E-state index in [0.29, 0.717) is 17.9 Å². The highest BCUT2D eigenvalue weighted by atomic mass is 35.5. The minimum absolute atomic E-state index is 0.143. The highest BCUT2D eigenvalue weighted by molar-refractivity contribution is 6.31. The van der Waals surface area contributed by atoms with Crippen LogP contribution in [0.3, 0.4) is 0 Å². The van der Waals surface area contributed by atoms with Crippen molar-refractivity contribution < 1.29 is 9.53 Å². The van der Waals surface area contributed by atoms with E-state index in [-0.39, 0.29) is 5.78 Å². The van der Waals surface area contributed by atoms with Gasteiger partial charge in [-0.25, -0.2) is 0 Å². The summed E-state index contributed by atoms with van der Waals surface area (Å²) >= 11 is 6.15. The van der Waals surface area contributed by atoms with Gasteiger partial charge in [-0.15, -0.1) is 0 Å². The lowest BCUT2D eigenvalue weighted by molar-refractivity contribution is -0.117. The molecule has 0 saturated heterocycles. The van der Waals surface area contributed by atoms with Crippen molar-refractivity contribution in [2.45, 2.75) is 19.8 Å². The van der Waals surface area contributed by atoms with Crippen LogP contribution in [0.2, 0.25) is 5.02 Å². The molecule has 0 aromatic heterocycles. The van der Waals surface area contributed by atoms with Gasteiger partial charge >= 0.3 is 0 Å². The van der Waals surface area contributed by atoms with E-state index < -0.39 is 0 Å². The molecule has 2 nitrogen and oxygen atoms in total. The number of benzene rings is 2. The van der Waals surface area contributed by atoms with Crippen molar-refractivity contribution in [1.82, 2.24) is 0 Å². The van der Waals surface area contributed by atoms with Crippen molar-refractivity contribution in [3.63, 3.8) is 0 Å². The Morgan fingerprint density at radius 3 is 2.65 bits per heavy atom. The van der Waals surface area contributed by atoms with Crippen LogP contribution in [0.5, 0.6) is 5.75 Å². The highest BCUT2D eigenvalue weighted by Gasteiger charge is 2.09. The quantitative estimate of drug-likeness (QED) is 0.831.